The van der Waals surface area contributed by atoms with E-state index in [2.05, 4.69) is 45.9 Å². The highest BCUT2D eigenvalue weighted by Crippen LogP contribution is 2.40. The molecule has 2 N–H and O–H groups in total. The lowest BCUT2D eigenvalue weighted by Gasteiger charge is -2.31. The molecule has 0 bridgehead atoms. The molecular weight excluding hydrogens is 408 g/mol. The predicted molar refractivity (Wildman–Crippen MR) is 130 cm³/mol. The molecular formula is C27H26N6. The second kappa shape index (κ2) is 8.02. The van der Waals surface area contributed by atoms with Crippen LogP contribution in [0.15, 0.2) is 60.8 Å². The largest absolute Gasteiger partial charge is 0.370 e. The van der Waals surface area contributed by atoms with Crippen LogP contribution in [0.1, 0.15) is 42.7 Å². The average Bonchev–Trinajstić information content (AvgIpc) is 3.64. The number of aromatic nitrogens is 3. The summed E-state index contributed by atoms with van der Waals surface area (Å²) in [6, 6.07) is 21.0. The molecule has 1 aliphatic heterocycles. The second-order valence-electron chi connectivity index (χ2n) is 9.15. The van der Waals surface area contributed by atoms with Crippen molar-refractivity contribution in [2.45, 2.75) is 37.6 Å². The third-order valence-corrected chi connectivity index (χ3v) is 6.88. The highest BCUT2D eigenvalue weighted by Gasteiger charge is 2.25. The fourth-order valence-electron chi connectivity index (χ4n) is 4.80. The number of fused-ring (bicyclic) bond motifs is 1. The molecule has 1 saturated heterocycles. The molecule has 6 rings (SSSR count). The molecule has 0 radical (unpaired) electrons. The molecule has 6 nitrogen and oxygen atoms in total. The number of nitrogens with two attached hydrogens (primary N) is 1. The van der Waals surface area contributed by atoms with Crippen molar-refractivity contribution >= 4 is 16.9 Å². The summed E-state index contributed by atoms with van der Waals surface area (Å²) >= 11 is 0. The zero-order valence-corrected chi connectivity index (χ0v) is 18.5. The maximum absolute atomic E-state index is 9.23. The third kappa shape index (κ3) is 3.65. The van der Waals surface area contributed by atoms with Crippen LogP contribution >= 0.6 is 0 Å². The predicted octanol–water partition coefficient (Wildman–Crippen LogP) is 4.76. The normalized spacial score (nSPS) is 16.8. The summed E-state index contributed by atoms with van der Waals surface area (Å²) < 4.78 is 2.15. The van der Waals surface area contributed by atoms with Gasteiger partial charge in [0.25, 0.3) is 0 Å². The molecule has 33 heavy (non-hydrogen) atoms. The number of hydrogen-bond donors (Lipinski definition) is 1. The number of benzene rings is 2. The van der Waals surface area contributed by atoms with E-state index in [1.807, 2.05) is 30.5 Å². The van der Waals surface area contributed by atoms with E-state index in [-0.39, 0.29) is 6.04 Å². The van der Waals surface area contributed by atoms with Crippen LogP contribution in [0.25, 0.3) is 28.2 Å². The van der Waals surface area contributed by atoms with Crippen molar-refractivity contribution in [3.63, 3.8) is 0 Å². The van der Waals surface area contributed by atoms with E-state index >= 15 is 0 Å². The fourth-order valence-corrected chi connectivity index (χ4v) is 4.80. The van der Waals surface area contributed by atoms with Gasteiger partial charge in [-0.1, -0.05) is 12.1 Å². The molecule has 4 aromatic rings. The van der Waals surface area contributed by atoms with Gasteiger partial charge >= 0.3 is 0 Å². The molecule has 2 fully saturated rings. The zero-order chi connectivity index (χ0) is 22.4. The van der Waals surface area contributed by atoms with Crippen LogP contribution in [-0.2, 0) is 0 Å². The molecule has 3 heterocycles. The molecule has 0 atom stereocenters. The maximum Gasteiger partial charge on any atom is 0.167 e. The number of hydrogen-bond acceptors (Lipinski definition) is 5. The van der Waals surface area contributed by atoms with Gasteiger partial charge in [-0.05, 0) is 79.6 Å². The lowest BCUT2D eigenvalue weighted by molar-refractivity contribution is 0.502. The summed E-state index contributed by atoms with van der Waals surface area (Å²) in [7, 11) is 0. The molecule has 2 aliphatic rings. The summed E-state index contributed by atoms with van der Waals surface area (Å²) in [5, 5.41) is 9.23. The van der Waals surface area contributed by atoms with E-state index in [1.54, 1.807) is 0 Å². The van der Waals surface area contributed by atoms with Crippen LogP contribution in [0.5, 0.6) is 0 Å². The Bertz CT molecular complexity index is 1330. The van der Waals surface area contributed by atoms with Gasteiger partial charge in [-0.2, -0.15) is 5.26 Å². The van der Waals surface area contributed by atoms with Crippen LogP contribution in [0.3, 0.4) is 0 Å². The summed E-state index contributed by atoms with van der Waals surface area (Å²) in [4.78, 5) is 12.3. The number of piperidine rings is 1. The molecule has 0 spiro atoms. The van der Waals surface area contributed by atoms with Gasteiger partial charge in [0, 0.05) is 36.6 Å². The van der Waals surface area contributed by atoms with Crippen molar-refractivity contribution in [1.29, 1.82) is 5.26 Å². The Labute approximate surface area is 193 Å². The molecule has 2 aromatic heterocycles. The summed E-state index contributed by atoms with van der Waals surface area (Å²) in [6.45, 7) is 1.85. The number of rotatable bonds is 4. The fraction of sp³-hybridized carbons (Fsp3) is 0.296. The number of nitriles is 1. The number of anilines is 1. The third-order valence-electron chi connectivity index (χ3n) is 6.88. The van der Waals surface area contributed by atoms with E-state index in [1.165, 1.54) is 18.4 Å². The molecule has 1 aliphatic carbocycles. The van der Waals surface area contributed by atoms with Gasteiger partial charge in [-0.3, -0.25) is 4.57 Å². The van der Waals surface area contributed by atoms with E-state index in [0.29, 0.717) is 11.5 Å². The Hall–Kier alpha value is -3.69. The van der Waals surface area contributed by atoms with E-state index in [0.717, 1.165) is 59.9 Å². The Kier molecular flexibility index (Phi) is 4.85. The zero-order valence-electron chi connectivity index (χ0n) is 18.5. The first kappa shape index (κ1) is 20.0. The topological polar surface area (TPSA) is 83.8 Å². The monoisotopic (exact) mass is 434 g/mol. The minimum atomic E-state index is 0.273. The summed E-state index contributed by atoms with van der Waals surface area (Å²) in [6.07, 6.45) is 6.42. The molecule has 164 valence electrons. The lowest BCUT2D eigenvalue weighted by atomic mass is 10.1. The van der Waals surface area contributed by atoms with Gasteiger partial charge in [0.05, 0.1) is 17.3 Å². The number of nitrogens with zero attached hydrogens (tertiary/aromatic N) is 5. The maximum atomic E-state index is 9.23. The van der Waals surface area contributed by atoms with Gasteiger partial charge in [0.2, 0.25) is 0 Å². The van der Waals surface area contributed by atoms with Crippen LogP contribution in [0, 0.1) is 11.3 Å². The van der Waals surface area contributed by atoms with Crippen LogP contribution in [0.4, 0.5) is 5.69 Å². The van der Waals surface area contributed by atoms with Crippen molar-refractivity contribution in [3.8, 4) is 23.1 Å². The van der Waals surface area contributed by atoms with Crippen molar-refractivity contribution in [2.24, 2.45) is 5.73 Å². The van der Waals surface area contributed by atoms with Gasteiger partial charge in [-0.15, -0.1) is 0 Å². The smallest absolute Gasteiger partial charge is 0.167 e. The van der Waals surface area contributed by atoms with E-state index in [9.17, 15) is 5.26 Å². The SMILES string of the molecule is N#Cc1ccc(-c2nc3c(N4CCC(N)CC4)ccnc3n2-c2ccc(C3CC3)cc2)cc1. The molecule has 6 heteroatoms. The van der Waals surface area contributed by atoms with Gasteiger partial charge in [-0.25, -0.2) is 9.97 Å². The van der Waals surface area contributed by atoms with Crippen molar-refractivity contribution in [3.05, 3.63) is 71.9 Å². The quantitative estimate of drug-likeness (QED) is 0.500. The average molecular weight is 435 g/mol. The Morgan fingerprint density at radius 2 is 1.64 bits per heavy atom. The van der Waals surface area contributed by atoms with E-state index in [4.69, 9.17) is 15.7 Å². The molecule has 2 aromatic carbocycles. The minimum absolute atomic E-state index is 0.273. The first-order valence-corrected chi connectivity index (χ1v) is 11.7. The Morgan fingerprint density at radius 1 is 0.909 bits per heavy atom. The highest BCUT2D eigenvalue weighted by molar-refractivity contribution is 5.90. The van der Waals surface area contributed by atoms with Crippen molar-refractivity contribution in [1.82, 2.24) is 14.5 Å². The first-order valence-electron chi connectivity index (χ1n) is 11.7. The van der Waals surface area contributed by atoms with E-state index < -0.39 is 0 Å². The first-order chi connectivity index (χ1) is 16.2. The molecule has 1 saturated carbocycles. The highest BCUT2D eigenvalue weighted by atomic mass is 15.2. The minimum Gasteiger partial charge on any atom is -0.370 e. The molecule has 0 amide bonds. The Balaban J connectivity index is 1.52. The van der Waals surface area contributed by atoms with Crippen LogP contribution in [-0.4, -0.2) is 33.7 Å². The van der Waals surface area contributed by atoms with Gasteiger partial charge < -0.3 is 10.6 Å². The summed E-state index contributed by atoms with van der Waals surface area (Å²) in [5.41, 5.74) is 13.1. The second-order valence-corrected chi connectivity index (χ2v) is 9.15. The number of imidazole rings is 1. The number of pyridine rings is 1. The van der Waals surface area contributed by atoms with Gasteiger partial charge in [0.15, 0.2) is 5.65 Å². The van der Waals surface area contributed by atoms with Crippen LogP contribution in [0.2, 0.25) is 0 Å². The standard InChI is InChI=1S/C27H26N6/c28-17-18-1-3-21(4-2-18)26-31-25-24(32-15-12-22(29)13-16-32)11-14-30-27(25)33(26)23-9-7-20(8-10-23)19-5-6-19/h1-4,7-11,14,19,22H,5-6,12-13,15-16,29H2. The van der Waals surface area contributed by atoms with Gasteiger partial charge in [0.1, 0.15) is 11.3 Å². The Morgan fingerprint density at radius 3 is 2.30 bits per heavy atom. The lowest BCUT2D eigenvalue weighted by Crippen LogP contribution is -2.39. The van der Waals surface area contributed by atoms with Crippen molar-refractivity contribution < 1.29 is 0 Å². The summed E-state index contributed by atoms with van der Waals surface area (Å²) in [5.74, 6) is 1.55. The van der Waals surface area contributed by atoms with Crippen molar-refractivity contribution in [2.75, 3.05) is 18.0 Å². The van der Waals surface area contributed by atoms with Crippen LogP contribution < -0.4 is 10.6 Å². The molecule has 0 unspecified atom stereocenters.